The zero-order valence-electron chi connectivity index (χ0n) is 17.9. The minimum atomic E-state index is 0.0105. The number of ether oxygens (including phenoxy) is 1. The zero-order chi connectivity index (χ0) is 20.5. The fourth-order valence-corrected chi connectivity index (χ4v) is 3.28. The van der Waals surface area contributed by atoms with Crippen LogP contribution in [0.15, 0.2) is 29.3 Å². The van der Waals surface area contributed by atoms with Crippen LogP contribution in [0, 0.1) is 0 Å². The number of hydrogen-bond acceptors (Lipinski definition) is 4. The van der Waals surface area contributed by atoms with Crippen LogP contribution in [0.2, 0.25) is 0 Å². The van der Waals surface area contributed by atoms with Crippen molar-refractivity contribution in [2.24, 2.45) is 4.99 Å². The normalized spacial score (nSPS) is 19.2. The highest BCUT2D eigenvalue weighted by molar-refractivity contribution is 5.93. The summed E-state index contributed by atoms with van der Waals surface area (Å²) in [6.45, 7) is 11.3. The van der Waals surface area contributed by atoms with Crippen molar-refractivity contribution >= 4 is 11.9 Å². The van der Waals surface area contributed by atoms with E-state index < -0.39 is 0 Å². The number of morpholine rings is 1. The van der Waals surface area contributed by atoms with Crippen LogP contribution in [0.4, 0.5) is 0 Å². The summed E-state index contributed by atoms with van der Waals surface area (Å²) >= 11 is 0. The number of nitrogens with zero attached hydrogens (tertiary/aromatic N) is 3. The van der Waals surface area contributed by atoms with Gasteiger partial charge >= 0.3 is 0 Å². The summed E-state index contributed by atoms with van der Waals surface area (Å²) in [4.78, 5) is 20.7. The maximum Gasteiger partial charge on any atom is 0.253 e. The van der Waals surface area contributed by atoms with Crippen molar-refractivity contribution in [3.8, 4) is 0 Å². The molecule has 1 aliphatic rings. The van der Waals surface area contributed by atoms with Gasteiger partial charge in [0, 0.05) is 51.4 Å². The van der Waals surface area contributed by atoms with Crippen LogP contribution in [0.25, 0.3) is 0 Å². The van der Waals surface area contributed by atoms with Crippen molar-refractivity contribution in [1.82, 2.24) is 20.4 Å². The van der Waals surface area contributed by atoms with Gasteiger partial charge < -0.3 is 20.3 Å². The van der Waals surface area contributed by atoms with E-state index in [1.807, 2.05) is 24.3 Å². The monoisotopic (exact) mass is 389 g/mol. The number of hydrogen-bond donors (Lipinski definition) is 2. The van der Waals surface area contributed by atoms with Gasteiger partial charge in [-0.05, 0) is 38.5 Å². The molecule has 0 aliphatic carbocycles. The number of benzene rings is 1. The smallest absolute Gasteiger partial charge is 0.253 e. The molecule has 1 heterocycles. The molecule has 1 aromatic carbocycles. The van der Waals surface area contributed by atoms with Crippen molar-refractivity contribution in [3.05, 3.63) is 35.4 Å². The number of rotatable bonds is 7. The van der Waals surface area contributed by atoms with E-state index in [0.29, 0.717) is 24.2 Å². The van der Waals surface area contributed by atoms with E-state index in [-0.39, 0.29) is 5.91 Å². The Hall–Kier alpha value is -2.12. The number of carbonyl (C=O) groups is 1. The number of guanidine groups is 1. The van der Waals surface area contributed by atoms with E-state index >= 15 is 0 Å². The molecule has 1 saturated heterocycles. The molecule has 0 aromatic heterocycles. The summed E-state index contributed by atoms with van der Waals surface area (Å²) in [7, 11) is 3.51. The largest absolute Gasteiger partial charge is 0.379 e. The first-order valence-corrected chi connectivity index (χ1v) is 10.1. The van der Waals surface area contributed by atoms with Crippen molar-refractivity contribution in [1.29, 1.82) is 0 Å². The van der Waals surface area contributed by atoms with Gasteiger partial charge in [-0.1, -0.05) is 12.1 Å². The quantitative estimate of drug-likeness (QED) is 0.547. The van der Waals surface area contributed by atoms with Gasteiger partial charge in [0.15, 0.2) is 5.96 Å². The predicted octanol–water partition coefficient (Wildman–Crippen LogP) is 1.55. The van der Waals surface area contributed by atoms with E-state index in [1.54, 1.807) is 19.0 Å². The van der Waals surface area contributed by atoms with Crippen LogP contribution in [-0.4, -0.2) is 80.7 Å². The van der Waals surface area contributed by atoms with E-state index in [4.69, 9.17) is 4.74 Å². The number of carbonyl (C=O) groups excluding carboxylic acids is 1. The number of nitrogens with one attached hydrogen (secondary N) is 2. The first kappa shape index (κ1) is 22.2. The second-order valence-electron chi connectivity index (χ2n) is 7.48. The Labute approximate surface area is 169 Å². The highest BCUT2D eigenvalue weighted by Crippen LogP contribution is 2.10. The molecule has 28 heavy (non-hydrogen) atoms. The number of aliphatic imine (C=N–C) groups is 1. The second kappa shape index (κ2) is 11.0. The molecule has 1 fully saturated rings. The van der Waals surface area contributed by atoms with E-state index in [9.17, 15) is 4.79 Å². The lowest BCUT2D eigenvalue weighted by Gasteiger charge is -2.38. The Kier molecular flexibility index (Phi) is 8.73. The molecular weight excluding hydrogens is 354 g/mol. The van der Waals surface area contributed by atoms with Crippen molar-refractivity contribution in [2.45, 2.75) is 39.4 Å². The molecule has 0 spiro atoms. The molecule has 0 radical (unpaired) electrons. The van der Waals surface area contributed by atoms with Gasteiger partial charge in [-0.15, -0.1) is 0 Å². The molecule has 2 atom stereocenters. The minimum Gasteiger partial charge on any atom is -0.379 e. The Morgan fingerprint density at radius 1 is 1.32 bits per heavy atom. The van der Waals surface area contributed by atoms with Gasteiger partial charge in [-0.3, -0.25) is 9.69 Å². The zero-order valence-corrected chi connectivity index (χ0v) is 17.9. The lowest BCUT2D eigenvalue weighted by molar-refractivity contribution is -0.0174. The molecule has 156 valence electrons. The lowest BCUT2D eigenvalue weighted by atomic mass is 10.1. The van der Waals surface area contributed by atoms with Gasteiger partial charge in [0.05, 0.1) is 19.8 Å². The van der Waals surface area contributed by atoms with E-state index in [0.717, 1.165) is 44.4 Å². The third-order valence-electron chi connectivity index (χ3n) is 4.92. The molecule has 2 rings (SSSR count). The maximum absolute atomic E-state index is 12.0. The highest BCUT2D eigenvalue weighted by atomic mass is 16.5. The average molecular weight is 390 g/mol. The third-order valence-corrected chi connectivity index (χ3v) is 4.92. The Morgan fingerprint density at radius 3 is 2.64 bits per heavy atom. The topological polar surface area (TPSA) is 69.2 Å². The van der Waals surface area contributed by atoms with Crippen LogP contribution in [0.5, 0.6) is 0 Å². The molecule has 1 aromatic rings. The maximum atomic E-state index is 12.0. The summed E-state index contributed by atoms with van der Waals surface area (Å²) in [5, 5.41) is 6.75. The van der Waals surface area contributed by atoms with E-state index in [1.165, 1.54) is 0 Å². The standard InChI is InChI=1S/C21H35N5O2/c1-6-22-21(23-13-16(2)26-11-12-28-15-17(26)3)24-14-18-7-9-19(10-8-18)20(27)25(4)5/h7-10,16-17H,6,11-15H2,1-5H3,(H2,22,23,24). The fourth-order valence-electron chi connectivity index (χ4n) is 3.28. The summed E-state index contributed by atoms with van der Waals surface area (Å²) in [5.74, 6) is 0.820. The molecular formula is C21H35N5O2. The summed E-state index contributed by atoms with van der Waals surface area (Å²) in [6.07, 6.45) is 0. The fraction of sp³-hybridized carbons (Fsp3) is 0.619. The molecule has 1 aliphatic heterocycles. The van der Waals surface area contributed by atoms with Gasteiger partial charge in [-0.2, -0.15) is 0 Å². The van der Waals surface area contributed by atoms with Gasteiger partial charge in [-0.25, -0.2) is 4.99 Å². The molecule has 0 bridgehead atoms. The molecule has 1 amide bonds. The van der Waals surface area contributed by atoms with E-state index in [2.05, 4.69) is 41.3 Å². The first-order chi connectivity index (χ1) is 13.4. The summed E-state index contributed by atoms with van der Waals surface area (Å²) < 4.78 is 5.53. The van der Waals surface area contributed by atoms with Crippen molar-refractivity contribution < 1.29 is 9.53 Å². The van der Waals surface area contributed by atoms with Gasteiger partial charge in [0.25, 0.3) is 5.91 Å². The molecule has 7 nitrogen and oxygen atoms in total. The lowest BCUT2D eigenvalue weighted by Crippen LogP contribution is -2.53. The van der Waals surface area contributed by atoms with Crippen molar-refractivity contribution in [3.63, 3.8) is 0 Å². The third kappa shape index (κ3) is 6.49. The summed E-state index contributed by atoms with van der Waals surface area (Å²) in [5.41, 5.74) is 1.76. The van der Waals surface area contributed by atoms with Crippen LogP contribution in [0.3, 0.4) is 0 Å². The van der Waals surface area contributed by atoms with Crippen LogP contribution in [0.1, 0.15) is 36.7 Å². The Morgan fingerprint density at radius 2 is 2.04 bits per heavy atom. The Bertz CT molecular complexity index is 645. The second-order valence-corrected chi connectivity index (χ2v) is 7.48. The average Bonchev–Trinajstić information content (AvgIpc) is 2.70. The SMILES string of the molecule is CCNC(=NCc1ccc(C(=O)N(C)C)cc1)NCC(C)N1CCOCC1C. The minimum absolute atomic E-state index is 0.0105. The molecule has 0 saturated carbocycles. The van der Waals surface area contributed by atoms with Gasteiger partial charge in [0.1, 0.15) is 0 Å². The molecule has 7 heteroatoms. The van der Waals surface area contributed by atoms with Crippen LogP contribution in [-0.2, 0) is 11.3 Å². The number of amides is 1. The van der Waals surface area contributed by atoms with Crippen LogP contribution >= 0.6 is 0 Å². The Balaban J connectivity index is 1.91. The molecule has 2 unspecified atom stereocenters. The van der Waals surface area contributed by atoms with Crippen LogP contribution < -0.4 is 10.6 Å². The van der Waals surface area contributed by atoms with Crippen molar-refractivity contribution in [2.75, 3.05) is 46.9 Å². The summed E-state index contributed by atoms with van der Waals surface area (Å²) in [6, 6.07) is 8.47. The van der Waals surface area contributed by atoms with Gasteiger partial charge in [0.2, 0.25) is 0 Å². The predicted molar refractivity (Wildman–Crippen MR) is 114 cm³/mol. The highest BCUT2D eigenvalue weighted by Gasteiger charge is 2.23. The molecule has 2 N–H and O–H groups in total. The first-order valence-electron chi connectivity index (χ1n) is 10.1.